The molecule has 1 unspecified atom stereocenters. The van der Waals surface area contributed by atoms with Gasteiger partial charge in [0.25, 0.3) is 0 Å². The van der Waals surface area contributed by atoms with E-state index in [1.807, 2.05) is 14.1 Å². The van der Waals surface area contributed by atoms with Gasteiger partial charge in [0.15, 0.2) is 10.2 Å². The molecular weight excluding hydrogens is 198 g/mol. The van der Waals surface area contributed by atoms with Crippen molar-refractivity contribution in [2.75, 3.05) is 34.9 Å². The first-order valence-corrected chi connectivity index (χ1v) is 5.14. The van der Waals surface area contributed by atoms with Crippen molar-refractivity contribution in [3.05, 3.63) is 0 Å². The second-order valence-electron chi connectivity index (χ2n) is 3.30. The quantitative estimate of drug-likeness (QED) is 0.458. The number of hydrogen-bond donors (Lipinski definition) is 0. The lowest BCUT2D eigenvalue weighted by molar-refractivity contribution is -0.307. The summed E-state index contributed by atoms with van der Waals surface area (Å²) in [7, 11) is 10.3. The fraction of sp³-hybridized carbons (Fsp3) is 1.00. The SMILES string of the molecule is CCC(COC([Si])(OC)OC)N(C)C. The van der Waals surface area contributed by atoms with Crippen LogP contribution < -0.4 is 0 Å². The van der Waals surface area contributed by atoms with Crippen molar-refractivity contribution < 1.29 is 14.2 Å². The smallest absolute Gasteiger partial charge is 0.248 e. The van der Waals surface area contributed by atoms with Gasteiger partial charge in [-0.2, -0.15) is 0 Å². The fourth-order valence-corrected chi connectivity index (χ4v) is 1.12. The number of hydrogen-bond acceptors (Lipinski definition) is 4. The molecule has 83 valence electrons. The molecular formula is C9H20NO3Si. The maximum atomic E-state index is 5.47. The van der Waals surface area contributed by atoms with Crippen molar-refractivity contribution in [3.8, 4) is 0 Å². The molecule has 1 atom stereocenters. The molecule has 0 rings (SSSR count). The second kappa shape index (κ2) is 6.52. The number of nitrogens with zero attached hydrogens (tertiary/aromatic N) is 1. The van der Waals surface area contributed by atoms with Crippen molar-refractivity contribution in [2.45, 2.75) is 25.0 Å². The summed E-state index contributed by atoms with van der Waals surface area (Å²) in [5, 5.41) is 0. The van der Waals surface area contributed by atoms with Gasteiger partial charge < -0.3 is 19.1 Å². The van der Waals surface area contributed by atoms with Gasteiger partial charge in [-0.15, -0.1) is 0 Å². The highest BCUT2D eigenvalue weighted by atomic mass is 28.1. The highest BCUT2D eigenvalue weighted by Crippen LogP contribution is 2.10. The van der Waals surface area contributed by atoms with Crippen molar-refractivity contribution in [2.24, 2.45) is 0 Å². The van der Waals surface area contributed by atoms with Gasteiger partial charge in [-0.3, -0.25) is 0 Å². The van der Waals surface area contributed by atoms with Crippen LogP contribution >= 0.6 is 0 Å². The average molecular weight is 218 g/mol. The van der Waals surface area contributed by atoms with Gasteiger partial charge in [0.05, 0.1) is 6.61 Å². The molecule has 0 amide bonds. The number of ether oxygens (including phenoxy) is 3. The van der Waals surface area contributed by atoms with E-state index in [4.69, 9.17) is 14.2 Å². The lowest BCUT2D eigenvalue weighted by Gasteiger charge is -2.30. The van der Waals surface area contributed by atoms with Gasteiger partial charge in [0, 0.05) is 20.3 Å². The molecule has 0 aliphatic rings. The first kappa shape index (κ1) is 14.1. The molecule has 14 heavy (non-hydrogen) atoms. The normalized spacial score (nSPS) is 14.8. The fourth-order valence-electron chi connectivity index (χ4n) is 1.04. The van der Waals surface area contributed by atoms with Crippen LogP contribution in [0.1, 0.15) is 13.3 Å². The van der Waals surface area contributed by atoms with Crippen molar-refractivity contribution in [1.29, 1.82) is 0 Å². The van der Waals surface area contributed by atoms with Crippen LogP contribution in [0.2, 0.25) is 0 Å². The molecule has 0 aliphatic heterocycles. The van der Waals surface area contributed by atoms with Crippen LogP contribution in [0.4, 0.5) is 0 Å². The Morgan fingerprint density at radius 2 is 1.79 bits per heavy atom. The predicted octanol–water partition coefficient (Wildman–Crippen LogP) is 0.416. The van der Waals surface area contributed by atoms with Crippen LogP contribution in [0.15, 0.2) is 0 Å². The molecule has 0 spiro atoms. The summed E-state index contributed by atoms with van der Waals surface area (Å²) in [5.74, 6) is 0. The zero-order chi connectivity index (χ0) is 11.2. The molecule has 5 heteroatoms. The van der Waals surface area contributed by atoms with E-state index in [9.17, 15) is 0 Å². The van der Waals surface area contributed by atoms with Crippen LogP contribution in [0, 0.1) is 0 Å². The van der Waals surface area contributed by atoms with Gasteiger partial charge in [0.1, 0.15) is 0 Å². The van der Waals surface area contributed by atoms with E-state index in [0.717, 1.165) is 6.42 Å². The zero-order valence-electron chi connectivity index (χ0n) is 9.66. The van der Waals surface area contributed by atoms with Crippen LogP contribution in [0.25, 0.3) is 0 Å². The van der Waals surface area contributed by atoms with E-state index < -0.39 is 5.60 Å². The van der Waals surface area contributed by atoms with Crippen LogP contribution in [0.5, 0.6) is 0 Å². The van der Waals surface area contributed by atoms with E-state index in [2.05, 4.69) is 22.1 Å². The maximum absolute atomic E-state index is 5.47. The largest absolute Gasteiger partial charge is 0.336 e. The molecule has 0 aliphatic carbocycles. The Kier molecular flexibility index (Phi) is 6.55. The molecule has 0 bridgehead atoms. The minimum Gasteiger partial charge on any atom is -0.336 e. The van der Waals surface area contributed by atoms with E-state index in [0.29, 0.717) is 12.6 Å². The Morgan fingerprint density at radius 3 is 2.07 bits per heavy atom. The Balaban J connectivity index is 4.00. The van der Waals surface area contributed by atoms with E-state index in [-0.39, 0.29) is 0 Å². The summed E-state index contributed by atoms with van der Waals surface area (Å²) in [5.41, 5.74) is -1.12. The first-order valence-electron chi connectivity index (χ1n) is 4.64. The minimum atomic E-state index is -1.12. The highest BCUT2D eigenvalue weighted by Gasteiger charge is 2.25. The molecule has 0 aromatic rings. The summed E-state index contributed by atoms with van der Waals surface area (Å²) in [4.78, 5) is 2.11. The van der Waals surface area contributed by atoms with E-state index in [1.165, 1.54) is 14.2 Å². The van der Waals surface area contributed by atoms with Gasteiger partial charge >= 0.3 is 0 Å². The van der Waals surface area contributed by atoms with E-state index in [1.54, 1.807) is 0 Å². The summed E-state index contributed by atoms with van der Waals surface area (Å²) in [6, 6.07) is 0.357. The molecule has 0 aromatic heterocycles. The topological polar surface area (TPSA) is 30.9 Å². The first-order chi connectivity index (χ1) is 6.49. The summed E-state index contributed by atoms with van der Waals surface area (Å²) < 4.78 is 15.5. The molecule has 0 N–H and O–H groups in total. The Labute approximate surface area is 89.9 Å². The van der Waals surface area contributed by atoms with Crippen molar-refractivity contribution >= 4 is 10.2 Å². The average Bonchev–Trinajstić information content (AvgIpc) is 2.18. The Morgan fingerprint density at radius 1 is 1.29 bits per heavy atom. The highest BCUT2D eigenvalue weighted by molar-refractivity contribution is 6.12. The van der Waals surface area contributed by atoms with Gasteiger partial charge in [-0.25, -0.2) is 0 Å². The summed E-state index contributed by atoms with van der Waals surface area (Å²) in [6.45, 7) is 2.66. The second-order valence-corrected chi connectivity index (χ2v) is 3.91. The van der Waals surface area contributed by atoms with Gasteiger partial charge in [-0.05, 0) is 20.5 Å². The minimum absolute atomic E-state index is 0.357. The molecule has 0 heterocycles. The molecule has 0 fully saturated rings. The molecule has 3 radical (unpaired) electrons. The number of likely N-dealkylation sites (N-methyl/N-ethyl adjacent to an activating group) is 1. The third-order valence-electron chi connectivity index (χ3n) is 2.20. The number of methoxy groups -OCH3 is 2. The molecule has 4 nitrogen and oxygen atoms in total. The van der Waals surface area contributed by atoms with Crippen LogP contribution in [-0.2, 0) is 14.2 Å². The van der Waals surface area contributed by atoms with Crippen molar-refractivity contribution in [1.82, 2.24) is 4.90 Å². The lowest BCUT2D eigenvalue weighted by Crippen LogP contribution is -2.42. The monoisotopic (exact) mass is 218 g/mol. The zero-order valence-corrected chi connectivity index (χ0v) is 10.7. The Bertz CT molecular complexity index is 151. The standard InChI is InChI=1S/C9H20NO3Si/c1-6-8(10(2)3)7-13-9(14,11-4)12-5/h8H,6-7H2,1-5H3. The Hall–Kier alpha value is 0.0569. The third kappa shape index (κ3) is 4.52. The van der Waals surface area contributed by atoms with Gasteiger partial charge in [0.2, 0.25) is 5.60 Å². The number of rotatable bonds is 7. The molecule has 0 saturated carbocycles. The lowest BCUT2D eigenvalue weighted by atomic mass is 10.2. The molecule has 0 aromatic carbocycles. The van der Waals surface area contributed by atoms with Crippen molar-refractivity contribution in [3.63, 3.8) is 0 Å². The maximum Gasteiger partial charge on any atom is 0.248 e. The third-order valence-corrected chi connectivity index (χ3v) is 2.76. The predicted molar refractivity (Wildman–Crippen MR) is 56.2 cm³/mol. The van der Waals surface area contributed by atoms with Gasteiger partial charge in [-0.1, -0.05) is 6.92 Å². The van der Waals surface area contributed by atoms with E-state index >= 15 is 0 Å². The summed E-state index contributed by atoms with van der Waals surface area (Å²) in [6.07, 6.45) is 1.02. The van der Waals surface area contributed by atoms with Crippen LogP contribution in [0.3, 0.4) is 0 Å². The van der Waals surface area contributed by atoms with Crippen LogP contribution in [-0.4, -0.2) is 61.7 Å². The molecule has 0 saturated heterocycles. The summed E-state index contributed by atoms with van der Waals surface area (Å²) >= 11 is 0.